The van der Waals surface area contributed by atoms with Crippen molar-refractivity contribution in [1.29, 1.82) is 0 Å². The normalized spacial score (nSPS) is 10.2. The van der Waals surface area contributed by atoms with Crippen LogP contribution in [0.1, 0.15) is 16.2 Å². The lowest BCUT2D eigenvalue weighted by molar-refractivity contribution is 0.101. The summed E-state index contributed by atoms with van der Waals surface area (Å²) in [7, 11) is 1.64. The summed E-state index contributed by atoms with van der Waals surface area (Å²) >= 11 is 0. The van der Waals surface area contributed by atoms with Gasteiger partial charge in [0.1, 0.15) is 0 Å². The first-order valence-corrected chi connectivity index (χ1v) is 5.11. The minimum atomic E-state index is -0.331. The number of amides is 1. The summed E-state index contributed by atoms with van der Waals surface area (Å²) in [6.07, 6.45) is 0. The van der Waals surface area contributed by atoms with Crippen LogP contribution in [0.25, 0.3) is 0 Å². The molecule has 0 bridgehead atoms. The summed E-state index contributed by atoms with van der Waals surface area (Å²) in [4.78, 5) is 11.9. The van der Waals surface area contributed by atoms with Crippen LogP contribution in [0.5, 0.6) is 0 Å². The Morgan fingerprint density at radius 2 is 2.18 bits per heavy atom. The number of anilines is 2. The molecule has 1 amide bonds. The van der Waals surface area contributed by atoms with Crippen LogP contribution in [0.3, 0.4) is 0 Å². The van der Waals surface area contributed by atoms with Crippen LogP contribution >= 0.6 is 0 Å². The highest BCUT2D eigenvalue weighted by molar-refractivity contribution is 6.01. The predicted molar refractivity (Wildman–Crippen MR) is 64.5 cm³/mol. The summed E-state index contributed by atoms with van der Waals surface area (Å²) in [6.45, 7) is 1.95. The van der Waals surface area contributed by atoms with Crippen LogP contribution in [0.2, 0.25) is 0 Å². The summed E-state index contributed by atoms with van der Waals surface area (Å²) < 4.78 is 1.44. The molecule has 0 aliphatic heterocycles. The summed E-state index contributed by atoms with van der Waals surface area (Å²) in [6, 6.07) is 7.51. The number of nitrogens with two attached hydrogens (primary N) is 1. The van der Waals surface area contributed by atoms with E-state index in [9.17, 15) is 4.79 Å². The Morgan fingerprint density at radius 1 is 1.41 bits per heavy atom. The van der Waals surface area contributed by atoms with Gasteiger partial charge in [0.05, 0.1) is 0 Å². The van der Waals surface area contributed by atoms with E-state index in [0.717, 1.165) is 11.3 Å². The highest BCUT2D eigenvalue weighted by Gasteiger charge is 2.14. The molecule has 6 heteroatoms. The molecule has 17 heavy (non-hydrogen) atoms. The number of hydrogen-bond acceptors (Lipinski definition) is 4. The second-order valence-electron chi connectivity index (χ2n) is 3.76. The number of carbonyl (C=O) groups excluding carboxylic acids is 1. The molecular formula is C11H13N5O. The van der Waals surface area contributed by atoms with Crippen LogP contribution in [0, 0.1) is 6.92 Å². The van der Waals surface area contributed by atoms with Crippen LogP contribution in [-0.2, 0) is 7.05 Å². The number of rotatable bonds is 2. The zero-order valence-corrected chi connectivity index (χ0v) is 9.64. The number of nitrogens with one attached hydrogen (secondary N) is 1. The van der Waals surface area contributed by atoms with Gasteiger partial charge in [0.25, 0.3) is 5.91 Å². The van der Waals surface area contributed by atoms with Gasteiger partial charge in [-0.3, -0.25) is 9.36 Å². The minimum Gasteiger partial charge on any atom is -0.368 e. The molecule has 2 aromatic rings. The number of nitrogen functional groups attached to an aromatic ring is 1. The van der Waals surface area contributed by atoms with E-state index in [-0.39, 0.29) is 17.7 Å². The van der Waals surface area contributed by atoms with Crippen molar-refractivity contribution in [3.8, 4) is 0 Å². The standard InChI is InChI=1S/C11H13N5O/c1-7-4-3-5-8(6-7)13-10(17)9-14-15-11(12)16(9)2/h3-6H,1-2H3,(H2,12,15)(H,13,17). The van der Waals surface area contributed by atoms with Gasteiger partial charge in [-0.25, -0.2) is 0 Å². The van der Waals surface area contributed by atoms with E-state index in [2.05, 4.69) is 15.5 Å². The molecule has 0 saturated heterocycles. The first kappa shape index (κ1) is 11.1. The highest BCUT2D eigenvalue weighted by atomic mass is 16.2. The third-order valence-corrected chi connectivity index (χ3v) is 2.39. The predicted octanol–water partition coefficient (Wildman–Crippen LogP) is 0.958. The highest BCUT2D eigenvalue weighted by Crippen LogP contribution is 2.11. The third kappa shape index (κ3) is 2.25. The first-order chi connectivity index (χ1) is 8.08. The third-order valence-electron chi connectivity index (χ3n) is 2.39. The van der Waals surface area contributed by atoms with E-state index in [1.165, 1.54) is 4.57 Å². The molecular weight excluding hydrogens is 218 g/mol. The smallest absolute Gasteiger partial charge is 0.293 e. The van der Waals surface area contributed by atoms with Crippen molar-refractivity contribution in [3.05, 3.63) is 35.7 Å². The summed E-state index contributed by atoms with van der Waals surface area (Å²) in [5, 5.41) is 10.1. The molecule has 3 N–H and O–H groups in total. The average Bonchev–Trinajstić information content (AvgIpc) is 2.60. The molecule has 0 aliphatic carbocycles. The molecule has 6 nitrogen and oxygen atoms in total. The van der Waals surface area contributed by atoms with Gasteiger partial charge >= 0.3 is 0 Å². The molecule has 0 radical (unpaired) electrons. The quantitative estimate of drug-likeness (QED) is 0.806. The molecule has 0 spiro atoms. The summed E-state index contributed by atoms with van der Waals surface area (Å²) in [5.41, 5.74) is 7.29. The van der Waals surface area contributed by atoms with Gasteiger partial charge in [-0.05, 0) is 24.6 Å². The Kier molecular flexibility index (Phi) is 2.78. The van der Waals surface area contributed by atoms with Gasteiger partial charge in [0.15, 0.2) is 0 Å². The summed E-state index contributed by atoms with van der Waals surface area (Å²) in [5.74, 6) is 0.0608. The average molecular weight is 231 g/mol. The minimum absolute atomic E-state index is 0.184. The van der Waals surface area contributed by atoms with Gasteiger partial charge in [-0.15, -0.1) is 10.2 Å². The monoisotopic (exact) mass is 231 g/mol. The fraction of sp³-hybridized carbons (Fsp3) is 0.182. The zero-order valence-electron chi connectivity index (χ0n) is 9.64. The van der Waals surface area contributed by atoms with Crippen LogP contribution in [-0.4, -0.2) is 20.7 Å². The Labute approximate surface area is 98.5 Å². The maximum atomic E-state index is 11.9. The van der Waals surface area contributed by atoms with Crippen LogP contribution < -0.4 is 11.1 Å². The fourth-order valence-corrected chi connectivity index (χ4v) is 1.45. The molecule has 0 saturated carbocycles. The molecule has 88 valence electrons. The van der Waals surface area contributed by atoms with Gasteiger partial charge in [-0.2, -0.15) is 0 Å². The Bertz CT molecular complexity index is 561. The SMILES string of the molecule is Cc1cccc(NC(=O)c2nnc(N)n2C)c1. The molecule has 1 aromatic carbocycles. The maximum Gasteiger partial charge on any atom is 0.293 e. The second-order valence-corrected chi connectivity index (χ2v) is 3.76. The molecule has 1 aromatic heterocycles. The van der Waals surface area contributed by atoms with E-state index < -0.39 is 0 Å². The van der Waals surface area contributed by atoms with Crippen LogP contribution in [0.4, 0.5) is 11.6 Å². The lowest BCUT2D eigenvalue weighted by atomic mass is 10.2. The van der Waals surface area contributed by atoms with Crippen LogP contribution in [0.15, 0.2) is 24.3 Å². The van der Waals surface area contributed by atoms with E-state index in [0.29, 0.717) is 0 Å². The van der Waals surface area contributed by atoms with Crippen molar-refractivity contribution in [1.82, 2.24) is 14.8 Å². The number of hydrogen-bond donors (Lipinski definition) is 2. The fourth-order valence-electron chi connectivity index (χ4n) is 1.45. The zero-order chi connectivity index (χ0) is 12.4. The number of aromatic nitrogens is 3. The van der Waals surface area contributed by atoms with E-state index >= 15 is 0 Å². The van der Waals surface area contributed by atoms with Gasteiger partial charge in [-0.1, -0.05) is 12.1 Å². The number of nitrogens with zero attached hydrogens (tertiary/aromatic N) is 3. The van der Waals surface area contributed by atoms with E-state index in [4.69, 9.17) is 5.73 Å². The lowest BCUT2D eigenvalue weighted by Gasteiger charge is -2.05. The second kappa shape index (κ2) is 4.25. The number of aryl methyl sites for hydroxylation is 1. The van der Waals surface area contributed by atoms with Crippen molar-refractivity contribution in [3.63, 3.8) is 0 Å². The first-order valence-electron chi connectivity index (χ1n) is 5.11. The maximum absolute atomic E-state index is 11.9. The topological polar surface area (TPSA) is 85.8 Å². The van der Waals surface area contributed by atoms with Crippen molar-refractivity contribution in [2.45, 2.75) is 6.92 Å². The van der Waals surface area contributed by atoms with Crippen molar-refractivity contribution in [2.24, 2.45) is 7.05 Å². The van der Waals surface area contributed by atoms with Crippen molar-refractivity contribution >= 4 is 17.5 Å². The number of benzene rings is 1. The number of carbonyl (C=O) groups is 1. The molecule has 0 atom stereocenters. The molecule has 0 aliphatic rings. The molecule has 0 unspecified atom stereocenters. The lowest BCUT2D eigenvalue weighted by Crippen LogP contribution is -2.17. The Balaban J connectivity index is 2.20. The van der Waals surface area contributed by atoms with Gasteiger partial charge < -0.3 is 11.1 Å². The molecule has 0 fully saturated rings. The molecule has 2 rings (SSSR count). The van der Waals surface area contributed by atoms with Crippen molar-refractivity contribution < 1.29 is 4.79 Å². The van der Waals surface area contributed by atoms with E-state index in [1.54, 1.807) is 7.05 Å². The largest absolute Gasteiger partial charge is 0.368 e. The van der Waals surface area contributed by atoms with Crippen molar-refractivity contribution in [2.75, 3.05) is 11.1 Å². The van der Waals surface area contributed by atoms with Gasteiger partial charge in [0.2, 0.25) is 11.8 Å². The Morgan fingerprint density at radius 3 is 2.76 bits per heavy atom. The Hall–Kier alpha value is -2.37. The van der Waals surface area contributed by atoms with Gasteiger partial charge in [0, 0.05) is 12.7 Å². The van der Waals surface area contributed by atoms with E-state index in [1.807, 2.05) is 31.2 Å². The molecule has 1 heterocycles.